The molecule has 116 valence electrons. The zero-order valence-electron chi connectivity index (χ0n) is 12.9. The molecule has 1 saturated heterocycles. The minimum absolute atomic E-state index is 0.0323. The van der Waals surface area contributed by atoms with Gasteiger partial charge in [-0.05, 0) is 30.5 Å². The van der Waals surface area contributed by atoms with Crippen LogP contribution in [0.2, 0.25) is 0 Å². The summed E-state index contributed by atoms with van der Waals surface area (Å²) in [4.78, 5) is 14.3. The van der Waals surface area contributed by atoms with Gasteiger partial charge >= 0.3 is 0 Å². The summed E-state index contributed by atoms with van der Waals surface area (Å²) in [7, 11) is 1.90. The summed E-state index contributed by atoms with van der Waals surface area (Å²) in [6.07, 6.45) is 5.34. The molecule has 2 aliphatic heterocycles. The number of fused-ring (bicyclic) bond motifs is 1. The van der Waals surface area contributed by atoms with Gasteiger partial charge in [0, 0.05) is 37.6 Å². The maximum atomic E-state index is 12.6. The number of carbonyl (C=O) groups is 1. The molecule has 1 N–H and O–H groups in total. The number of likely N-dealkylation sites (tertiary alicyclic amines) is 1. The molecule has 2 aromatic rings. The van der Waals surface area contributed by atoms with Gasteiger partial charge in [0.15, 0.2) is 6.19 Å². The van der Waals surface area contributed by atoms with E-state index < -0.39 is 5.41 Å². The molecule has 4 rings (SSSR count). The molecule has 0 saturated carbocycles. The van der Waals surface area contributed by atoms with Gasteiger partial charge in [-0.3, -0.25) is 9.48 Å². The van der Waals surface area contributed by atoms with Gasteiger partial charge in [0.2, 0.25) is 5.91 Å². The Morgan fingerprint density at radius 3 is 2.96 bits per heavy atom. The van der Waals surface area contributed by atoms with Gasteiger partial charge in [-0.1, -0.05) is 12.1 Å². The van der Waals surface area contributed by atoms with Crippen molar-refractivity contribution in [2.24, 2.45) is 12.5 Å². The van der Waals surface area contributed by atoms with E-state index in [-0.39, 0.29) is 5.91 Å². The van der Waals surface area contributed by atoms with Crippen LogP contribution in [0.4, 0.5) is 5.69 Å². The summed E-state index contributed by atoms with van der Waals surface area (Å²) in [5, 5.41) is 16.3. The molecule has 1 fully saturated rings. The Morgan fingerprint density at radius 2 is 2.26 bits per heavy atom. The number of nitrogens with zero attached hydrogens (tertiary/aromatic N) is 4. The van der Waals surface area contributed by atoms with E-state index >= 15 is 0 Å². The highest BCUT2D eigenvalue weighted by molar-refractivity contribution is 5.99. The fourth-order valence-corrected chi connectivity index (χ4v) is 3.65. The van der Waals surface area contributed by atoms with Crippen molar-refractivity contribution in [3.05, 3.63) is 36.0 Å². The average molecular weight is 307 g/mol. The zero-order valence-corrected chi connectivity index (χ0v) is 12.9. The van der Waals surface area contributed by atoms with Crippen LogP contribution < -0.4 is 5.32 Å². The molecule has 3 heterocycles. The first kappa shape index (κ1) is 13.8. The Morgan fingerprint density at radius 1 is 1.39 bits per heavy atom. The van der Waals surface area contributed by atoms with E-state index in [1.54, 1.807) is 11.1 Å². The lowest BCUT2D eigenvalue weighted by atomic mass is 9.76. The average Bonchev–Trinajstić information content (AvgIpc) is 3.15. The van der Waals surface area contributed by atoms with Gasteiger partial charge in [-0.2, -0.15) is 10.4 Å². The van der Waals surface area contributed by atoms with Crippen molar-refractivity contribution in [3.8, 4) is 17.5 Å². The second-order valence-electron chi connectivity index (χ2n) is 6.39. The standard InChI is InChI=1S/C17H17N5O/c1-21-15(4-6-19-21)12-2-3-13-9-17(5-7-22(10-17)11-18)16(23)20-14(13)8-12/h2-4,6,8H,5,7,9-10H2,1H3,(H,20,23). The fraction of sp³-hybridized carbons (Fsp3) is 0.353. The molecule has 2 aliphatic rings. The number of hydrogen-bond acceptors (Lipinski definition) is 4. The Kier molecular flexibility index (Phi) is 2.91. The molecular formula is C17H17N5O. The highest BCUT2D eigenvalue weighted by Crippen LogP contribution is 2.41. The third-order valence-corrected chi connectivity index (χ3v) is 4.98. The molecule has 0 radical (unpaired) electrons. The molecule has 1 spiro atoms. The number of amides is 1. The number of nitrogens with one attached hydrogen (secondary N) is 1. The number of benzene rings is 1. The van der Waals surface area contributed by atoms with Crippen LogP contribution in [0.15, 0.2) is 30.5 Å². The van der Waals surface area contributed by atoms with Crippen molar-refractivity contribution in [1.29, 1.82) is 5.26 Å². The predicted molar refractivity (Wildman–Crippen MR) is 85.2 cm³/mol. The van der Waals surface area contributed by atoms with Crippen molar-refractivity contribution < 1.29 is 4.79 Å². The van der Waals surface area contributed by atoms with Crippen LogP contribution in [-0.4, -0.2) is 33.7 Å². The smallest absolute Gasteiger partial charge is 0.232 e. The summed E-state index contributed by atoms with van der Waals surface area (Å²) < 4.78 is 1.82. The van der Waals surface area contributed by atoms with Crippen LogP contribution in [-0.2, 0) is 18.3 Å². The molecule has 1 aromatic heterocycles. The molecule has 1 atom stereocenters. The predicted octanol–water partition coefficient (Wildman–Crippen LogP) is 1.75. The molecule has 1 aromatic carbocycles. The van der Waals surface area contributed by atoms with Crippen molar-refractivity contribution in [1.82, 2.24) is 14.7 Å². The van der Waals surface area contributed by atoms with Crippen molar-refractivity contribution in [3.63, 3.8) is 0 Å². The molecule has 6 nitrogen and oxygen atoms in total. The quantitative estimate of drug-likeness (QED) is 0.815. The summed E-state index contributed by atoms with van der Waals surface area (Å²) in [6, 6.07) is 8.11. The van der Waals surface area contributed by atoms with E-state index in [1.165, 1.54) is 0 Å². The van der Waals surface area contributed by atoms with Crippen molar-refractivity contribution in [2.45, 2.75) is 12.8 Å². The van der Waals surface area contributed by atoms with Crippen LogP contribution in [0.5, 0.6) is 0 Å². The minimum atomic E-state index is -0.462. The van der Waals surface area contributed by atoms with E-state index in [9.17, 15) is 4.79 Å². The summed E-state index contributed by atoms with van der Waals surface area (Å²) in [5.41, 5.74) is 3.59. The topological polar surface area (TPSA) is 74.0 Å². The van der Waals surface area contributed by atoms with Gasteiger partial charge in [0.1, 0.15) is 0 Å². The van der Waals surface area contributed by atoms with E-state index in [1.807, 2.05) is 23.9 Å². The summed E-state index contributed by atoms with van der Waals surface area (Å²) in [5.74, 6) is 0.0323. The Bertz CT molecular complexity index is 834. The Hall–Kier alpha value is -2.81. The van der Waals surface area contributed by atoms with Crippen LogP contribution in [0.25, 0.3) is 11.3 Å². The number of hydrogen-bond donors (Lipinski definition) is 1. The van der Waals surface area contributed by atoms with E-state index in [4.69, 9.17) is 5.26 Å². The van der Waals surface area contributed by atoms with E-state index in [0.29, 0.717) is 19.5 Å². The van der Waals surface area contributed by atoms with Gasteiger partial charge in [-0.25, -0.2) is 0 Å². The summed E-state index contributed by atoms with van der Waals surface area (Å²) >= 11 is 0. The Balaban J connectivity index is 1.69. The van der Waals surface area contributed by atoms with Gasteiger partial charge in [0.05, 0.1) is 11.1 Å². The third kappa shape index (κ3) is 2.08. The molecule has 6 heteroatoms. The van der Waals surface area contributed by atoms with Crippen LogP contribution in [0.3, 0.4) is 0 Å². The molecular weight excluding hydrogens is 290 g/mol. The van der Waals surface area contributed by atoms with Crippen molar-refractivity contribution in [2.75, 3.05) is 18.4 Å². The second kappa shape index (κ2) is 4.85. The normalized spacial score (nSPS) is 22.8. The van der Waals surface area contributed by atoms with Crippen LogP contribution >= 0.6 is 0 Å². The first-order chi connectivity index (χ1) is 11.1. The van der Waals surface area contributed by atoms with Gasteiger partial charge in [0.25, 0.3) is 0 Å². The van der Waals surface area contributed by atoms with Crippen LogP contribution in [0, 0.1) is 16.9 Å². The maximum Gasteiger partial charge on any atom is 0.232 e. The molecule has 0 aliphatic carbocycles. The SMILES string of the molecule is Cn1nccc1-c1ccc2c(c1)NC(=O)C1(CCN(C#N)C1)C2. The molecule has 0 bridgehead atoms. The lowest BCUT2D eigenvalue weighted by molar-refractivity contribution is -0.125. The first-order valence-corrected chi connectivity index (χ1v) is 7.69. The second-order valence-corrected chi connectivity index (χ2v) is 6.39. The van der Waals surface area contributed by atoms with E-state index in [0.717, 1.165) is 28.9 Å². The third-order valence-electron chi connectivity index (χ3n) is 4.98. The van der Waals surface area contributed by atoms with Gasteiger partial charge < -0.3 is 10.2 Å². The number of carbonyl (C=O) groups excluding carboxylic acids is 1. The monoisotopic (exact) mass is 307 g/mol. The number of anilines is 1. The minimum Gasteiger partial charge on any atom is -0.325 e. The van der Waals surface area contributed by atoms with Crippen LogP contribution in [0.1, 0.15) is 12.0 Å². The van der Waals surface area contributed by atoms with E-state index in [2.05, 4.69) is 28.7 Å². The maximum absolute atomic E-state index is 12.6. The molecule has 1 amide bonds. The lowest BCUT2D eigenvalue weighted by Gasteiger charge is -2.33. The summed E-state index contributed by atoms with van der Waals surface area (Å²) in [6.45, 7) is 1.17. The number of aryl methyl sites for hydroxylation is 1. The highest BCUT2D eigenvalue weighted by atomic mass is 16.2. The molecule has 1 unspecified atom stereocenters. The number of aromatic nitrogens is 2. The van der Waals surface area contributed by atoms with Gasteiger partial charge in [-0.15, -0.1) is 0 Å². The highest BCUT2D eigenvalue weighted by Gasteiger charge is 2.47. The largest absolute Gasteiger partial charge is 0.325 e. The number of nitriles is 1. The Labute approximate surface area is 134 Å². The lowest BCUT2D eigenvalue weighted by Crippen LogP contribution is -2.43. The van der Waals surface area contributed by atoms with Crippen molar-refractivity contribution >= 4 is 11.6 Å². The first-order valence-electron chi connectivity index (χ1n) is 7.69. The molecule has 23 heavy (non-hydrogen) atoms. The zero-order chi connectivity index (χ0) is 16.0. The fourth-order valence-electron chi connectivity index (χ4n) is 3.65. The number of rotatable bonds is 1.